The summed E-state index contributed by atoms with van der Waals surface area (Å²) in [6.45, 7) is 0.973. The molecule has 0 heterocycles. The van der Waals surface area contributed by atoms with E-state index < -0.39 is 0 Å². The van der Waals surface area contributed by atoms with Crippen LogP contribution >= 0.6 is 0 Å². The molecule has 4 N–H and O–H groups in total. The van der Waals surface area contributed by atoms with Crippen molar-refractivity contribution < 1.29 is 14.3 Å². The smallest absolute Gasteiger partial charge is 0.305 e. The van der Waals surface area contributed by atoms with Gasteiger partial charge in [-0.05, 0) is 48.4 Å². The number of carbonyl (C=O) groups is 2. The summed E-state index contributed by atoms with van der Waals surface area (Å²) >= 11 is 0. The molecule has 1 aliphatic rings. The van der Waals surface area contributed by atoms with Crippen LogP contribution in [0.2, 0.25) is 0 Å². The predicted octanol–water partition coefficient (Wildman–Crippen LogP) is 3.88. The van der Waals surface area contributed by atoms with Crippen LogP contribution in [0.25, 0.3) is 11.1 Å². The number of amidine groups is 1. The second kappa shape index (κ2) is 10.6. The second-order valence-corrected chi connectivity index (χ2v) is 7.76. The number of hydrogen-bond acceptors (Lipinski definition) is 4. The fourth-order valence-electron chi connectivity index (χ4n) is 3.65. The Balaban J connectivity index is 1.40. The molecular weight excluding hydrogens is 378 g/mol. The Hall–Kier alpha value is -3.15. The van der Waals surface area contributed by atoms with Crippen molar-refractivity contribution in [1.82, 2.24) is 5.32 Å². The lowest BCUT2D eigenvalue weighted by molar-refractivity contribution is -0.145. The molecule has 0 atom stereocenters. The maximum absolute atomic E-state index is 12.3. The van der Waals surface area contributed by atoms with Crippen LogP contribution in [0.3, 0.4) is 0 Å². The van der Waals surface area contributed by atoms with Crippen molar-refractivity contribution in [3.63, 3.8) is 0 Å². The van der Waals surface area contributed by atoms with Gasteiger partial charge in [0.1, 0.15) is 5.84 Å². The van der Waals surface area contributed by atoms with Crippen LogP contribution in [0, 0.1) is 11.3 Å². The largest absolute Gasteiger partial charge is 0.465 e. The van der Waals surface area contributed by atoms with Gasteiger partial charge < -0.3 is 15.8 Å². The molecule has 1 fully saturated rings. The van der Waals surface area contributed by atoms with Crippen molar-refractivity contribution in [2.75, 3.05) is 13.2 Å². The highest BCUT2D eigenvalue weighted by molar-refractivity contribution is 5.96. The number of ether oxygens (including phenoxy) is 1. The first-order chi connectivity index (χ1) is 14.5. The number of esters is 1. The standard InChI is InChI=1S/C24H29N3O3/c25-23(26)20-11-7-18(8-12-20)19-9-13-21(14-10-19)24(29)27-15-3-6-22(28)30-16-17-4-1-2-5-17/h7-14,17H,1-6,15-16H2,(H3,25,26)(H,27,29). The van der Waals surface area contributed by atoms with Crippen molar-refractivity contribution in [2.24, 2.45) is 11.7 Å². The van der Waals surface area contributed by atoms with Gasteiger partial charge in [0.2, 0.25) is 0 Å². The SMILES string of the molecule is N=C(N)c1ccc(-c2ccc(C(=O)NCCCC(=O)OCC3CCCC3)cc2)cc1. The summed E-state index contributed by atoms with van der Waals surface area (Å²) in [5.41, 5.74) is 8.69. The topological polar surface area (TPSA) is 105 Å². The highest BCUT2D eigenvalue weighted by Gasteiger charge is 2.16. The molecule has 30 heavy (non-hydrogen) atoms. The van der Waals surface area contributed by atoms with Gasteiger partial charge in [0, 0.05) is 24.1 Å². The molecule has 1 saturated carbocycles. The molecule has 0 radical (unpaired) electrons. The van der Waals surface area contributed by atoms with Gasteiger partial charge >= 0.3 is 5.97 Å². The zero-order chi connectivity index (χ0) is 21.3. The first kappa shape index (κ1) is 21.6. The summed E-state index contributed by atoms with van der Waals surface area (Å²) < 4.78 is 5.32. The number of nitrogen functional groups attached to an aromatic ring is 1. The Morgan fingerprint density at radius 2 is 1.53 bits per heavy atom. The molecule has 2 aromatic rings. The molecule has 0 saturated heterocycles. The molecule has 0 aliphatic heterocycles. The molecule has 1 aliphatic carbocycles. The van der Waals surface area contributed by atoms with Gasteiger partial charge in [-0.2, -0.15) is 0 Å². The minimum atomic E-state index is -0.184. The van der Waals surface area contributed by atoms with Crippen LogP contribution in [0.15, 0.2) is 48.5 Å². The maximum Gasteiger partial charge on any atom is 0.305 e. The lowest BCUT2D eigenvalue weighted by Gasteiger charge is -2.10. The lowest BCUT2D eigenvalue weighted by Crippen LogP contribution is -2.25. The van der Waals surface area contributed by atoms with Gasteiger partial charge in [-0.3, -0.25) is 15.0 Å². The van der Waals surface area contributed by atoms with Crippen LogP contribution in [0.5, 0.6) is 0 Å². The Labute approximate surface area is 177 Å². The van der Waals surface area contributed by atoms with Crippen molar-refractivity contribution in [3.8, 4) is 11.1 Å². The zero-order valence-corrected chi connectivity index (χ0v) is 17.2. The van der Waals surface area contributed by atoms with Crippen molar-refractivity contribution >= 4 is 17.7 Å². The van der Waals surface area contributed by atoms with E-state index in [0.29, 0.717) is 43.0 Å². The lowest BCUT2D eigenvalue weighted by atomic mass is 10.0. The van der Waals surface area contributed by atoms with E-state index in [1.54, 1.807) is 24.3 Å². The normalized spacial score (nSPS) is 13.7. The first-order valence-electron chi connectivity index (χ1n) is 10.5. The van der Waals surface area contributed by atoms with Gasteiger partial charge in [0.25, 0.3) is 5.91 Å². The van der Waals surface area contributed by atoms with E-state index >= 15 is 0 Å². The molecule has 1 amide bonds. The minimum absolute atomic E-state index is 0.0376. The zero-order valence-electron chi connectivity index (χ0n) is 17.2. The monoisotopic (exact) mass is 407 g/mol. The van der Waals surface area contributed by atoms with E-state index in [2.05, 4.69) is 5.32 Å². The van der Waals surface area contributed by atoms with Gasteiger partial charge in [0.05, 0.1) is 6.61 Å². The molecule has 6 nitrogen and oxygen atoms in total. The van der Waals surface area contributed by atoms with E-state index in [4.69, 9.17) is 15.9 Å². The molecule has 0 spiro atoms. The van der Waals surface area contributed by atoms with E-state index in [1.165, 1.54) is 12.8 Å². The van der Waals surface area contributed by atoms with Gasteiger partial charge in [-0.25, -0.2) is 0 Å². The summed E-state index contributed by atoms with van der Waals surface area (Å²) in [6.07, 6.45) is 5.68. The van der Waals surface area contributed by atoms with Crippen LogP contribution < -0.4 is 11.1 Å². The number of nitrogens with two attached hydrogens (primary N) is 1. The van der Waals surface area contributed by atoms with E-state index in [1.807, 2.05) is 24.3 Å². The fourth-order valence-corrected chi connectivity index (χ4v) is 3.65. The Morgan fingerprint density at radius 1 is 0.967 bits per heavy atom. The molecule has 158 valence electrons. The van der Waals surface area contributed by atoms with Crippen LogP contribution in [-0.4, -0.2) is 30.9 Å². The second-order valence-electron chi connectivity index (χ2n) is 7.76. The number of rotatable bonds is 9. The van der Waals surface area contributed by atoms with E-state index in [9.17, 15) is 9.59 Å². The summed E-state index contributed by atoms with van der Waals surface area (Å²) in [5, 5.41) is 10.3. The Morgan fingerprint density at radius 3 is 2.10 bits per heavy atom. The maximum atomic E-state index is 12.3. The Bertz CT molecular complexity index is 870. The third-order valence-corrected chi connectivity index (χ3v) is 5.47. The van der Waals surface area contributed by atoms with E-state index in [0.717, 1.165) is 24.0 Å². The molecule has 3 rings (SSSR count). The number of benzene rings is 2. The third-order valence-electron chi connectivity index (χ3n) is 5.47. The minimum Gasteiger partial charge on any atom is -0.465 e. The highest BCUT2D eigenvalue weighted by Crippen LogP contribution is 2.24. The summed E-state index contributed by atoms with van der Waals surface area (Å²) in [7, 11) is 0. The third kappa shape index (κ3) is 6.17. The fraction of sp³-hybridized carbons (Fsp3) is 0.375. The van der Waals surface area contributed by atoms with Gasteiger partial charge in [-0.1, -0.05) is 49.2 Å². The number of carbonyl (C=O) groups excluding carboxylic acids is 2. The quantitative estimate of drug-likeness (QED) is 0.254. The average molecular weight is 408 g/mol. The first-order valence-corrected chi connectivity index (χ1v) is 10.5. The molecule has 0 unspecified atom stereocenters. The number of amides is 1. The average Bonchev–Trinajstić information content (AvgIpc) is 3.29. The van der Waals surface area contributed by atoms with Crippen LogP contribution in [0.1, 0.15) is 54.4 Å². The summed E-state index contributed by atoms with van der Waals surface area (Å²) in [6, 6.07) is 14.7. The molecular formula is C24H29N3O3. The molecule has 0 aromatic heterocycles. The summed E-state index contributed by atoms with van der Waals surface area (Å²) in [5.74, 6) is 0.225. The highest BCUT2D eigenvalue weighted by atomic mass is 16.5. The van der Waals surface area contributed by atoms with E-state index in [-0.39, 0.29) is 17.7 Å². The predicted molar refractivity (Wildman–Crippen MR) is 117 cm³/mol. The van der Waals surface area contributed by atoms with Gasteiger partial charge in [-0.15, -0.1) is 0 Å². The summed E-state index contributed by atoms with van der Waals surface area (Å²) in [4.78, 5) is 24.1. The van der Waals surface area contributed by atoms with Crippen LogP contribution in [-0.2, 0) is 9.53 Å². The van der Waals surface area contributed by atoms with Crippen molar-refractivity contribution in [3.05, 3.63) is 59.7 Å². The Kier molecular flexibility index (Phi) is 7.60. The molecule has 6 heteroatoms. The van der Waals surface area contributed by atoms with Gasteiger partial charge in [0.15, 0.2) is 0 Å². The molecule has 2 aromatic carbocycles. The number of hydrogen-bond donors (Lipinski definition) is 3. The van der Waals surface area contributed by atoms with Crippen molar-refractivity contribution in [1.29, 1.82) is 5.41 Å². The molecule has 0 bridgehead atoms. The van der Waals surface area contributed by atoms with Crippen LogP contribution in [0.4, 0.5) is 0 Å². The van der Waals surface area contributed by atoms with Crippen molar-refractivity contribution in [2.45, 2.75) is 38.5 Å². The number of nitrogens with one attached hydrogen (secondary N) is 2.